The Balaban J connectivity index is 1.67. The minimum absolute atomic E-state index is 0.578. The Kier molecular flexibility index (Phi) is 8.99. The van der Waals surface area contributed by atoms with Gasteiger partial charge in [-0.15, -0.1) is 0 Å². The van der Waals surface area contributed by atoms with Crippen molar-refractivity contribution >= 4 is 11.6 Å². The Bertz CT molecular complexity index is 850. The van der Waals surface area contributed by atoms with Gasteiger partial charge in [0.05, 0.1) is 33.5 Å². The van der Waals surface area contributed by atoms with Crippen LogP contribution in [0.25, 0.3) is 0 Å². The van der Waals surface area contributed by atoms with E-state index in [-0.39, 0.29) is 0 Å². The summed E-state index contributed by atoms with van der Waals surface area (Å²) < 4.78 is 16.5. The molecule has 168 valence electrons. The first kappa shape index (κ1) is 22.9. The van der Waals surface area contributed by atoms with Crippen LogP contribution in [0.15, 0.2) is 47.5 Å². The molecule has 0 atom stereocenters. The van der Waals surface area contributed by atoms with E-state index in [0.717, 1.165) is 51.0 Å². The van der Waals surface area contributed by atoms with Crippen molar-refractivity contribution in [1.29, 1.82) is 0 Å². The zero-order valence-corrected chi connectivity index (χ0v) is 18.8. The lowest BCUT2D eigenvalue weighted by Crippen LogP contribution is -2.35. The van der Waals surface area contributed by atoms with Crippen LogP contribution in [-0.2, 0) is 17.8 Å². The number of methoxy groups -OCH3 is 1. The molecular formula is C24H34N4O3. The fourth-order valence-corrected chi connectivity index (χ4v) is 3.48. The minimum Gasteiger partial charge on any atom is -0.493 e. The van der Waals surface area contributed by atoms with Gasteiger partial charge in [0.15, 0.2) is 17.5 Å². The summed E-state index contributed by atoms with van der Waals surface area (Å²) in [5.41, 5.74) is 3.39. The third-order valence-electron chi connectivity index (χ3n) is 4.99. The molecule has 3 rings (SSSR count). The second kappa shape index (κ2) is 12.2. The fourth-order valence-electron chi connectivity index (χ4n) is 3.48. The van der Waals surface area contributed by atoms with Crippen LogP contribution in [0.4, 0.5) is 5.69 Å². The van der Waals surface area contributed by atoms with Crippen molar-refractivity contribution in [2.75, 3.05) is 51.9 Å². The molecule has 0 saturated carbocycles. The van der Waals surface area contributed by atoms with Crippen molar-refractivity contribution in [1.82, 2.24) is 10.2 Å². The summed E-state index contributed by atoms with van der Waals surface area (Å²) in [5.74, 6) is 2.15. The third kappa shape index (κ3) is 7.15. The molecule has 0 bridgehead atoms. The molecule has 0 aliphatic carbocycles. The lowest BCUT2D eigenvalue weighted by molar-refractivity contribution is 0.0342. The number of morpholine rings is 1. The van der Waals surface area contributed by atoms with E-state index >= 15 is 0 Å². The smallest absolute Gasteiger partial charge is 0.196 e. The van der Waals surface area contributed by atoms with Gasteiger partial charge in [-0.05, 0) is 37.1 Å². The number of benzene rings is 2. The molecule has 1 heterocycles. The van der Waals surface area contributed by atoms with Gasteiger partial charge in [0.2, 0.25) is 0 Å². The standard InChI is InChI=1S/C24H34N4O3/c1-4-25-24(27-21-9-10-22(29-3)23(16-21)31-5-2)26-17-19-7-6-8-20(15-19)18-28-11-13-30-14-12-28/h6-10,15-16H,4-5,11-14,17-18H2,1-3H3,(H2,25,26,27). The van der Waals surface area contributed by atoms with Gasteiger partial charge in [-0.3, -0.25) is 4.90 Å². The van der Waals surface area contributed by atoms with Crippen LogP contribution in [0.3, 0.4) is 0 Å². The predicted octanol–water partition coefficient (Wildman–Crippen LogP) is 3.50. The highest BCUT2D eigenvalue weighted by Gasteiger charge is 2.11. The molecule has 0 spiro atoms. The van der Waals surface area contributed by atoms with Gasteiger partial charge in [-0.2, -0.15) is 0 Å². The number of hydrogen-bond acceptors (Lipinski definition) is 5. The van der Waals surface area contributed by atoms with E-state index in [9.17, 15) is 0 Å². The van der Waals surface area contributed by atoms with Crippen molar-refractivity contribution in [2.24, 2.45) is 4.99 Å². The molecule has 0 unspecified atom stereocenters. The molecule has 1 fully saturated rings. The van der Waals surface area contributed by atoms with E-state index < -0.39 is 0 Å². The molecule has 1 aliphatic heterocycles. The maximum atomic E-state index is 5.68. The van der Waals surface area contributed by atoms with Crippen molar-refractivity contribution in [3.63, 3.8) is 0 Å². The van der Waals surface area contributed by atoms with Crippen molar-refractivity contribution in [2.45, 2.75) is 26.9 Å². The highest BCUT2D eigenvalue weighted by molar-refractivity contribution is 5.93. The number of nitrogens with zero attached hydrogens (tertiary/aromatic N) is 2. The molecule has 2 aromatic rings. The Morgan fingerprint density at radius 2 is 1.87 bits per heavy atom. The normalized spacial score (nSPS) is 14.9. The topological polar surface area (TPSA) is 67.4 Å². The molecule has 0 amide bonds. The van der Waals surface area contributed by atoms with E-state index in [1.807, 2.05) is 25.1 Å². The molecule has 31 heavy (non-hydrogen) atoms. The number of guanidine groups is 1. The molecule has 1 aliphatic rings. The number of nitrogens with one attached hydrogen (secondary N) is 2. The number of anilines is 1. The van der Waals surface area contributed by atoms with Gasteiger partial charge < -0.3 is 24.8 Å². The van der Waals surface area contributed by atoms with Crippen molar-refractivity contribution in [3.8, 4) is 11.5 Å². The molecule has 1 saturated heterocycles. The number of ether oxygens (including phenoxy) is 3. The molecule has 0 radical (unpaired) electrons. The van der Waals surface area contributed by atoms with Crippen LogP contribution >= 0.6 is 0 Å². The largest absolute Gasteiger partial charge is 0.493 e. The highest BCUT2D eigenvalue weighted by Crippen LogP contribution is 2.30. The predicted molar refractivity (Wildman–Crippen MR) is 125 cm³/mol. The van der Waals surface area contributed by atoms with E-state index in [0.29, 0.717) is 24.7 Å². The van der Waals surface area contributed by atoms with Gasteiger partial charge in [-0.25, -0.2) is 4.99 Å². The molecular weight excluding hydrogens is 392 g/mol. The van der Waals surface area contributed by atoms with Gasteiger partial charge in [0.25, 0.3) is 0 Å². The van der Waals surface area contributed by atoms with Crippen LogP contribution in [-0.4, -0.2) is 57.4 Å². The van der Waals surface area contributed by atoms with Crippen LogP contribution < -0.4 is 20.1 Å². The second-order valence-corrected chi connectivity index (χ2v) is 7.33. The van der Waals surface area contributed by atoms with Gasteiger partial charge >= 0.3 is 0 Å². The maximum Gasteiger partial charge on any atom is 0.196 e. The van der Waals surface area contributed by atoms with Crippen LogP contribution in [0.1, 0.15) is 25.0 Å². The fraction of sp³-hybridized carbons (Fsp3) is 0.458. The van der Waals surface area contributed by atoms with Gasteiger partial charge in [-0.1, -0.05) is 24.3 Å². The van der Waals surface area contributed by atoms with E-state index in [1.165, 1.54) is 11.1 Å². The summed E-state index contributed by atoms with van der Waals surface area (Å²) in [6, 6.07) is 14.4. The van der Waals surface area contributed by atoms with E-state index in [4.69, 9.17) is 19.2 Å². The van der Waals surface area contributed by atoms with Gasteiger partial charge in [0.1, 0.15) is 0 Å². The lowest BCUT2D eigenvalue weighted by atomic mass is 10.1. The van der Waals surface area contributed by atoms with Crippen LogP contribution in [0, 0.1) is 0 Å². The SMILES string of the molecule is CCNC(=NCc1cccc(CN2CCOCC2)c1)Nc1ccc(OC)c(OCC)c1. The molecule has 2 N–H and O–H groups in total. The van der Waals surface area contributed by atoms with Crippen LogP contribution in [0.5, 0.6) is 11.5 Å². The zero-order valence-electron chi connectivity index (χ0n) is 18.8. The second-order valence-electron chi connectivity index (χ2n) is 7.33. The number of aliphatic imine (C=N–C) groups is 1. The first-order chi connectivity index (χ1) is 15.2. The zero-order chi connectivity index (χ0) is 21.9. The highest BCUT2D eigenvalue weighted by atomic mass is 16.5. The summed E-state index contributed by atoms with van der Waals surface area (Å²) in [5, 5.41) is 6.67. The third-order valence-corrected chi connectivity index (χ3v) is 4.99. The summed E-state index contributed by atoms with van der Waals surface area (Å²) in [6.07, 6.45) is 0. The Hall–Kier alpha value is -2.77. The summed E-state index contributed by atoms with van der Waals surface area (Å²) in [4.78, 5) is 7.20. The Labute approximate surface area is 185 Å². The molecule has 2 aromatic carbocycles. The average Bonchev–Trinajstić information content (AvgIpc) is 2.79. The monoisotopic (exact) mass is 426 g/mol. The summed E-state index contributed by atoms with van der Waals surface area (Å²) >= 11 is 0. The maximum absolute atomic E-state index is 5.68. The van der Waals surface area contributed by atoms with E-state index in [2.05, 4.69) is 46.7 Å². The van der Waals surface area contributed by atoms with Crippen molar-refractivity contribution in [3.05, 3.63) is 53.6 Å². The minimum atomic E-state index is 0.578. The molecule has 7 heteroatoms. The quantitative estimate of drug-likeness (QED) is 0.473. The number of hydrogen-bond donors (Lipinski definition) is 2. The molecule has 0 aromatic heterocycles. The van der Waals surface area contributed by atoms with E-state index in [1.54, 1.807) is 7.11 Å². The van der Waals surface area contributed by atoms with Crippen molar-refractivity contribution < 1.29 is 14.2 Å². The summed E-state index contributed by atoms with van der Waals surface area (Å²) in [6.45, 7) is 10.5. The Morgan fingerprint density at radius 1 is 1.06 bits per heavy atom. The average molecular weight is 427 g/mol. The lowest BCUT2D eigenvalue weighted by Gasteiger charge is -2.26. The number of rotatable bonds is 9. The van der Waals surface area contributed by atoms with Crippen LogP contribution in [0.2, 0.25) is 0 Å². The van der Waals surface area contributed by atoms with Gasteiger partial charge in [0, 0.05) is 37.9 Å². The Morgan fingerprint density at radius 3 is 2.61 bits per heavy atom. The first-order valence-electron chi connectivity index (χ1n) is 11.0. The first-order valence-corrected chi connectivity index (χ1v) is 11.0. The summed E-state index contributed by atoms with van der Waals surface area (Å²) in [7, 11) is 1.64. The molecule has 7 nitrogen and oxygen atoms in total.